The van der Waals surface area contributed by atoms with Crippen molar-refractivity contribution in [2.24, 2.45) is 0 Å². The number of anilines is 1. The fourth-order valence-corrected chi connectivity index (χ4v) is 4.09. The Balaban J connectivity index is 1.91. The topological polar surface area (TPSA) is 107 Å². The molecule has 0 bridgehead atoms. The van der Waals surface area contributed by atoms with E-state index in [4.69, 9.17) is 12.2 Å². The number of hydrogen-bond acceptors (Lipinski definition) is 6. The number of alkyl halides is 2. The van der Waals surface area contributed by atoms with Gasteiger partial charge in [-0.05, 0) is 42.0 Å². The molecule has 30 heavy (non-hydrogen) atoms. The summed E-state index contributed by atoms with van der Waals surface area (Å²) in [6.45, 7) is -2.94. The lowest BCUT2D eigenvalue weighted by Gasteiger charge is -2.22. The average Bonchev–Trinajstić information content (AvgIpc) is 2.95. The van der Waals surface area contributed by atoms with Gasteiger partial charge in [0.25, 0.3) is 0 Å². The molecule has 1 unspecified atom stereocenters. The van der Waals surface area contributed by atoms with Crippen LogP contribution in [0.15, 0.2) is 47.4 Å². The van der Waals surface area contributed by atoms with Gasteiger partial charge in [-0.3, -0.25) is 4.90 Å². The molecule has 3 rings (SSSR count). The first-order valence-corrected chi connectivity index (χ1v) is 9.45. The number of aliphatic hydroxyl groups excluding tert-OH is 1. The molecule has 2 aromatic rings. The highest BCUT2D eigenvalue weighted by Crippen LogP contribution is 2.39. The van der Waals surface area contributed by atoms with Crippen molar-refractivity contribution in [1.29, 1.82) is 0 Å². The molecule has 1 atom stereocenters. The molecular formula is C19H13F2NO6S2. The molecule has 0 aliphatic carbocycles. The minimum absolute atomic E-state index is 0.0180. The van der Waals surface area contributed by atoms with Gasteiger partial charge < -0.3 is 20.1 Å². The van der Waals surface area contributed by atoms with Gasteiger partial charge in [0.2, 0.25) is 0 Å². The number of ether oxygens (including phenoxy) is 1. The third-order valence-corrected chi connectivity index (χ3v) is 5.39. The van der Waals surface area contributed by atoms with Gasteiger partial charge in [-0.1, -0.05) is 36.1 Å². The van der Waals surface area contributed by atoms with E-state index in [2.05, 4.69) is 4.74 Å². The second-order valence-corrected chi connectivity index (χ2v) is 7.69. The largest absolute Gasteiger partial charge is 0.478 e. The van der Waals surface area contributed by atoms with Gasteiger partial charge >= 0.3 is 18.6 Å². The number of benzene rings is 2. The van der Waals surface area contributed by atoms with Crippen molar-refractivity contribution in [2.75, 3.05) is 4.90 Å². The third-order valence-electron chi connectivity index (χ3n) is 4.00. The maximum absolute atomic E-state index is 12.2. The highest BCUT2D eigenvalue weighted by Gasteiger charge is 2.34. The van der Waals surface area contributed by atoms with Crippen LogP contribution in [-0.2, 0) is 0 Å². The Labute approximate surface area is 178 Å². The Morgan fingerprint density at radius 3 is 2.17 bits per heavy atom. The third kappa shape index (κ3) is 4.75. The zero-order valence-electron chi connectivity index (χ0n) is 14.9. The number of halogens is 2. The molecule has 0 saturated carbocycles. The first kappa shape index (κ1) is 21.7. The molecule has 0 aromatic heterocycles. The molecular weight excluding hydrogens is 440 g/mol. The molecule has 156 valence electrons. The van der Waals surface area contributed by atoms with E-state index in [1.54, 1.807) is 6.08 Å². The quantitative estimate of drug-likeness (QED) is 0.562. The fourth-order valence-electron chi connectivity index (χ4n) is 2.69. The molecule has 0 amide bonds. The fraction of sp³-hybridized carbons (Fsp3) is 0.105. The van der Waals surface area contributed by atoms with E-state index in [0.29, 0.717) is 10.5 Å². The van der Waals surface area contributed by atoms with Crippen LogP contribution in [0.4, 0.5) is 14.5 Å². The summed E-state index contributed by atoms with van der Waals surface area (Å²) in [5.74, 6) is -2.67. The summed E-state index contributed by atoms with van der Waals surface area (Å²) in [6, 6.07) is 9.14. The van der Waals surface area contributed by atoms with Crippen LogP contribution >= 0.6 is 24.0 Å². The maximum atomic E-state index is 12.2. The lowest BCUT2D eigenvalue weighted by molar-refractivity contribution is -0.0498. The first-order valence-electron chi connectivity index (χ1n) is 8.23. The van der Waals surface area contributed by atoms with E-state index in [1.165, 1.54) is 41.3 Å². The number of rotatable bonds is 6. The number of aliphatic hydroxyl groups is 1. The predicted octanol–water partition coefficient (Wildman–Crippen LogP) is 3.88. The summed E-state index contributed by atoms with van der Waals surface area (Å²) in [4.78, 5) is 24.3. The Bertz CT molecular complexity index is 1010. The highest BCUT2D eigenvalue weighted by molar-refractivity contribution is 8.26. The van der Waals surface area contributed by atoms with E-state index in [-0.39, 0.29) is 26.9 Å². The number of carboxylic acid groups (broad SMARTS) is 2. The van der Waals surface area contributed by atoms with Crippen LogP contribution in [0.25, 0.3) is 6.08 Å². The van der Waals surface area contributed by atoms with E-state index < -0.39 is 24.8 Å². The number of aromatic carboxylic acids is 2. The van der Waals surface area contributed by atoms with E-state index in [0.717, 1.165) is 17.8 Å². The van der Waals surface area contributed by atoms with Gasteiger partial charge in [0.05, 0.1) is 11.1 Å². The van der Waals surface area contributed by atoms with Crippen LogP contribution in [0.3, 0.4) is 0 Å². The summed E-state index contributed by atoms with van der Waals surface area (Å²) in [7, 11) is 0. The first-order chi connectivity index (χ1) is 14.2. The van der Waals surface area contributed by atoms with Gasteiger partial charge in [0.15, 0.2) is 6.23 Å². The standard InChI is InChI=1S/C19H13F2NO6S2/c20-18(21)28-13-3-1-9(2-4-13)5-14-15(23)22(19(29)30-14)12-7-10(16(24)25)6-11(8-12)17(26)27/h1-8,15,18,23H,(H,24,25)(H,26,27). The summed E-state index contributed by atoms with van der Waals surface area (Å²) in [5.41, 5.74) is 0.156. The summed E-state index contributed by atoms with van der Waals surface area (Å²) in [6.07, 6.45) is 0.289. The predicted molar refractivity (Wildman–Crippen MR) is 110 cm³/mol. The second kappa shape index (κ2) is 8.78. The minimum atomic E-state index is -2.94. The Kier molecular flexibility index (Phi) is 6.34. The molecule has 1 fully saturated rings. The van der Waals surface area contributed by atoms with Gasteiger partial charge in [-0.15, -0.1) is 0 Å². The average molecular weight is 453 g/mol. The number of hydrogen-bond donors (Lipinski definition) is 3. The van der Waals surface area contributed by atoms with Crippen molar-refractivity contribution >= 4 is 52.0 Å². The van der Waals surface area contributed by atoms with Crippen molar-refractivity contribution in [1.82, 2.24) is 0 Å². The molecule has 0 radical (unpaired) electrons. The maximum Gasteiger partial charge on any atom is 0.387 e. The van der Waals surface area contributed by atoms with Crippen LogP contribution < -0.4 is 9.64 Å². The molecule has 7 nitrogen and oxygen atoms in total. The van der Waals surface area contributed by atoms with E-state index in [1.807, 2.05) is 0 Å². The molecule has 1 heterocycles. The van der Waals surface area contributed by atoms with Crippen molar-refractivity contribution in [3.63, 3.8) is 0 Å². The number of carboxylic acids is 2. The number of carbonyl (C=O) groups is 2. The monoisotopic (exact) mass is 453 g/mol. The second-order valence-electron chi connectivity index (χ2n) is 5.98. The molecule has 1 saturated heterocycles. The Morgan fingerprint density at radius 1 is 1.10 bits per heavy atom. The molecule has 11 heteroatoms. The molecule has 0 spiro atoms. The van der Waals surface area contributed by atoms with Crippen molar-refractivity contribution in [3.8, 4) is 5.75 Å². The lowest BCUT2D eigenvalue weighted by atomic mass is 10.1. The zero-order valence-corrected chi connectivity index (χ0v) is 16.5. The van der Waals surface area contributed by atoms with Crippen LogP contribution in [0.1, 0.15) is 26.3 Å². The van der Waals surface area contributed by atoms with Crippen molar-refractivity contribution in [3.05, 3.63) is 64.1 Å². The van der Waals surface area contributed by atoms with Gasteiger partial charge in [-0.25, -0.2) is 9.59 Å². The summed E-state index contributed by atoms with van der Waals surface area (Å²) >= 11 is 6.31. The summed E-state index contributed by atoms with van der Waals surface area (Å²) < 4.78 is 28.9. The molecule has 1 aliphatic rings. The smallest absolute Gasteiger partial charge is 0.387 e. The molecule has 3 N–H and O–H groups in total. The molecule has 2 aromatic carbocycles. The van der Waals surface area contributed by atoms with Crippen LogP contribution in [0.2, 0.25) is 0 Å². The van der Waals surface area contributed by atoms with Gasteiger partial charge in [0, 0.05) is 10.6 Å². The van der Waals surface area contributed by atoms with Crippen molar-refractivity contribution in [2.45, 2.75) is 12.8 Å². The van der Waals surface area contributed by atoms with E-state index >= 15 is 0 Å². The number of thioether (sulfide) groups is 1. The van der Waals surface area contributed by atoms with Crippen LogP contribution in [0, 0.1) is 0 Å². The highest BCUT2D eigenvalue weighted by atomic mass is 32.2. The minimum Gasteiger partial charge on any atom is -0.478 e. The van der Waals surface area contributed by atoms with Crippen molar-refractivity contribution < 1.29 is 38.4 Å². The lowest BCUT2D eigenvalue weighted by Crippen LogP contribution is -2.32. The summed E-state index contributed by atoms with van der Waals surface area (Å²) in [5, 5.41) is 29.2. The van der Waals surface area contributed by atoms with Crippen LogP contribution in [-0.4, -0.2) is 44.4 Å². The molecule has 1 aliphatic heterocycles. The zero-order chi connectivity index (χ0) is 22.0. The van der Waals surface area contributed by atoms with Crippen LogP contribution in [0.5, 0.6) is 5.75 Å². The van der Waals surface area contributed by atoms with E-state index in [9.17, 15) is 33.7 Å². The Morgan fingerprint density at radius 2 is 1.67 bits per heavy atom. The van der Waals surface area contributed by atoms with Gasteiger partial charge in [0.1, 0.15) is 10.1 Å². The number of nitrogens with zero attached hydrogens (tertiary/aromatic N) is 1. The normalized spacial score (nSPS) is 17.6. The number of thiocarbonyl (C=S) groups is 1. The SMILES string of the molecule is O=C(O)c1cc(C(=O)O)cc(N2C(=S)SC(=Cc3ccc(OC(F)F)cc3)C2O)c1. The Hall–Kier alpha value is -3.02. The van der Waals surface area contributed by atoms with Gasteiger partial charge in [-0.2, -0.15) is 8.78 Å².